The second-order valence-electron chi connectivity index (χ2n) is 3.61. The van der Waals surface area contributed by atoms with Crippen LogP contribution in [0, 0.1) is 0 Å². The van der Waals surface area contributed by atoms with Gasteiger partial charge in [0.25, 0.3) is 0 Å². The number of esters is 1. The van der Waals surface area contributed by atoms with Crippen LogP contribution in [0.2, 0.25) is 0 Å². The van der Waals surface area contributed by atoms with Crippen LogP contribution in [0.15, 0.2) is 29.6 Å². The highest BCUT2D eigenvalue weighted by Gasteiger charge is 2.33. The van der Waals surface area contributed by atoms with Gasteiger partial charge in [0.15, 0.2) is 5.69 Å². The van der Waals surface area contributed by atoms with Crippen LogP contribution in [0.5, 0.6) is 0 Å². The number of benzene rings is 1. The molecule has 1 heterocycles. The largest absolute Gasteiger partial charge is 0.465 e. The van der Waals surface area contributed by atoms with Crippen molar-refractivity contribution in [2.45, 2.75) is 6.18 Å². The summed E-state index contributed by atoms with van der Waals surface area (Å²) < 4.78 is 41.9. The minimum Gasteiger partial charge on any atom is -0.465 e. The fraction of sp³-hybridized carbons (Fsp3) is 0.167. The second kappa shape index (κ2) is 5.00. The fourth-order valence-corrected chi connectivity index (χ4v) is 2.26. The summed E-state index contributed by atoms with van der Waals surface area (Å²) in [6.45, 7) is 0. The van der Waals surface area contributed by atoms with Gasteiger partial charge in [0.05, 0.1) is 12.7 Å². The molecular formula is C12H8F3NO2S. The Morgan fingerprint density at radius 2 is 2.11 bits per heavy atom. The number of alkyl halides is 3. The number of nitrogens with zero attached hydrogens (tertiary/aromatic N) is 1. The average molecular weight is 287 g/mol. The molecule has 0 spiro atoms. The summed E-state index contributed by atoms with van der Waals surface area (Å²) in [5.74, 6) is -0.547. The van der Waals surface area contributed by atoms with E-state index in [9.17, 15) is 18.0 Å². The van der Waals surface area contributed by atoms with Gasteiger partial charge in [-0.1, -0.05) is 12.1 Å². The molecule has 7 heteroatoms. The summed E-state index contributed by atoms with van der Waals surface area (Å²) in [4.78, 5) is 14.9. The van der Waals surface area contributed by atoms with E-state index in [1.54, 1.807) is 12.1 Å². The van der Waals surface area contributed by atoms with Crippen LogP contribution in [0.25, 0.3) is 10.6 Å². The zero-order valence-corrected chi connectivity index (χ0v) is 10.5. The van der Waals surface area contributed by atoms with Gasteiger partial charge in [-0.05, 0) is 12.1 Å². The van der Waals surface area contributed by atoms with Crippen LogP contribution in [0.3, 0.4) is 0 Å². The molecule has 0 aliphatic carbocycles. The van der Waals surface area contributed by atoms with E-state index in [-0.39, 0.29) is 10.6 Å². The Labute approximate surface area is 110 Å². The van der Waals surface area contributed by atoms with Crippen LogP contribution in [-0.4, -0.2) is 18.1 Å². The normalized spacial score (nSPS) is 11.4. The van der Waals surface area contributed by atoms with Crippen molar-refractivity contribution in [3.8, 4) is 10.6 Å². The Kier molecular flexibility index (Phi) is 3.57. The third-order valence-corrected chi connectivity index (χ3v) is 3.22. The first-order valence-corrected chi connectivity index (χ1v) is 6.01. The standard InChI is InChI=1S/C12H8F3NO2S/c1-18-11(17)8-4-2-3-7(5-8)10-16-9(6-19-10)12(13,14)15/h2-6H,1H3. The molecule has 0 saturated heterocycles. The zero-order valence-electron chi connectivity index (χ0n) is 9.69. The van der Waals surface area contributed by atoms with Gasteiger partial charge >= 0.3 is 12.1 Å². The topological polar surface area (TPSA) is 39.2 Å². The number of ether oxygens (including phenoxy) is 1. The Morgan fingerprint density at radius 1 is 1.37 bits per heavy atom. The van der Waals surface area contributed by atoms with Gasteiger partial charge in [-0.2, -0.15) is 13.2 Å². The Hall–Kier alpha value is -1.89. The monoisotopic (exact) mass is 287 g/mol. The van der Waals surface area contributed by atoms with Crippen molar-refractivity contribution in [2.24, 2.45) is 0 Å². The Morgan fingerprint density at radius 3 is 2.68 bits per heavy atom. The lowest BCUT2D eigenvalue weighted by Gasteiger charge is -2.02. The van der Waals surface area contributed by atoms with E-state index >= 15 is 0 Å². The second-order valence-corrected chi connectivity index (χ2v) is 4.47. The highest BCUT2D eigenvalue weighted by molar-refractivity contribution is 7.13. The highest BCUT2D eigenvalue weighted by Crippen LogP contribution is 2.33. The molecule has 0 aliphatic heterocycles. The summed E-state index contributed by atoms with van der Waals surface area (Å²) >= 11 is 0.874. The summed E-state index contributed by atoms with van der Waals surface area (Å²) in [5, 5.41) is 1.15. The Bertz CT molecular complexity index is 607. The molecule has 1 aromatic heterocycles. The van der Waals surface area contributed by atoms with Crippen molar-refractivity contribution in [2.75, 3.05) is 7.11 Å². The summed E-state index contributed by atoms with van der Waals surface area (Å²) in [6.07, 6.45) is -4.46. The minimum absolute atomic E-state index is 0.207. The predicted octanol–water partition coefficient (Wildman–Crippen LogP) is 3.62. The number of carbonyl (C=O) groups excluding carboxylic acids is 1. The van der Waals surface area contributed by atoms with Crippen LogP contribution in [0.1, 0.15) is 16.1 Å². The smallest absolute Gasteiger partial charge is 0.434 e. The molecule has 0 fully saturated rings. The van der Waals surface area contributed by atoms with Gasteiger partial charge in [0.1, 0.15) is 5.01 Å². The molecule has 19 heavy (non-hydrogen) atoms. The predicted molar refractivity (Wildman–Crippen MR) is 63.9 cm³/mol. The Balaban J connectivity index is 2.37. The summed E-state index contributed by atoms with van der Waals surface area (Å²) in [5.41, 5.74) is -0.219. The molecule has 100 valence electrons. The molecule has 0 bridgehead atoms. The molecular weight excluding hydrogens is 279 g/mol. The first kappa shape index (κ1) is 13.5. The number of thiazole rings is 1. The van der Waals surface area contributed by atoms with Crippen LogP contribution >= 0.6 is 11.3 Å². The van der Waals surface area contributed by atoms with E-state index < -0.39 is 17.8 Å². The first-order chi connectivity index (χ1) is 8.91. The fourth-order valence-electron chi connectivity index (χ4n) is 1.43. The number of hydrogen-bond donors (Lipinski definition) is 0. The maximum Gasteiger partial charge on any atom is 0.434 e. The number of hydrogen-bond acceptors (Lipinski definition) is 4. The van der Waals surface area contributed by atoms with Crippen molar-refractivity contribution >= 4 is 17.3 Å². The molecule has 2 rings (SSSR count). The molecule has 1 aromatic carbocycles. The van der Waals surface area contributed by atoms with E-state index in [1.807, 2.05) is 0 Å². The molecule has 0 atom stereocenters. The highest BCUT2D eigenvalue weighted by atomic mass is 32.1. The number of halogens is 3. The van der Waals surface area contributed by atoms with Gasteiger partial charge in [0, 0.05) is 10.9 Å². The molecule has 0 N–H and O–H groups in total. The molecule has 0 amide bonds. The van der Waals surface area contributed by atoms with Gasteiger partial charge in [-0.15, -0.1) is 11.3 Å². The maximum atomic E-state index is 12.4. The minimum atomic E-state index is -4.46. The van der Waals surface area contributed by atoms with Crippen LogP contribution in [-0.2, 0) is 10.9 Å². The van der Waals surface area contributed by atoms with Crippen molar-refractivity contribution in [3.05, 3.63) is 40.9 Å². The van der Waals surface area contributed by atoms with Crippen LogP contribution in [0.4, 0.5) is 13.2 Å². The third kappa shape index (κ3) is 2.93. The molecule has 2 aromatic rings. The molecule has 0 aliphatic rings. The van der Waals surface area contributed by atoms with E-state index in [0.717, 1.165) is 16.7 Å². The average Bonchev–Trinajstić information content (AvgIpc) is 2.87. The van der Waals surface area contributed by atoms with Gasteiger partial charge < -0.3 is 4.74 Å². The van der Waals surface area contributed by atoms with Crippen molar-refractivity contribution in [3.63, 3.8) is 0 Å². The number of methoxy groups -OCH3 is 1. The molecule has 0 unspecified atom stereocenters. The van der Waals surface area contributed by atoms with E-state index in [2.05, 4.69) is 9.72 Å². The van der Waals surface area contributed by atoms with Gasteiger partial charge in [0.2, 0.25) is 0 Å². The lowest BCUT2D eigenvalue weighted by atomic mass is 10.1. The SMILES string of the molecule is COC(=O)c1cccc(-c2nc(C(F)(F)F)cs2)c1. The first-order valence-electron chi connectivity index (χ1n) is 5.13. The summed E-state index contributed by atoms with van der Waals surface area (Å²) in [6, 6.07) is 6.13. The number of carbonyl (C=O) groups is 1. The van der Waals surface area contributed by atoms with Gasteiger partial charge in [-0.3, -0.25) is 0 Å². The van der Waals surface area contributed by atoms with E-state index in [4.69, 9.17) is 0 Å². The van der Waals surface area contributed by atoms with Crippen molar-refractivity contribution in [1.29, 1.82) is 0 Å². The summed E-state index contributed by atoms with van der Waals surface area (Å²) in [7, 11) is 1.24. The quantitative estimate of drug-likeness (QED) is 0.792. The van der Waals surface area contributed by atoms with Gasteiger partial charge in [-0.25, -0.2) is 9.78 Å². The third-order valence-electron chi connectivity index (χ3n) is 2.33. The maximum absolute atomic E-state index is 12.4. The molecule has 3 nitrogen and oxygen atoms in total. The van der Waals surface area contributed by atoms with Crippen molar-refractivity contribution < 1.29 is 22.7 Å². The van der Waals surface area contributed by atoms with E-state index in [0.29, 0.717) is 5.56 Å². The van der Waals surface area contributed by atoms with Crippen molar-refractivity contribution in [1.82, 2.24) is 4.98 Å². The molecule has 0 saturated carbocycles. The molecule has 0 radical (unpaired) electrons. The zero-order chi connectivity index (χ0) is 14.0. The van der Waals surface area contributed by atoms with E-state index in [1.165, 1.54) is 19.2 Å². The number of rotatable bonds is 2. The lowest BCUT2D eigenvalue weighted by Crippen LogP contribution is -2.05. The number of aromatic nitrogens is 1. The lowest BCUT2D eigenvalue weighted by molar-refractivity contribution is -0.140. The van der Waals surface area contributed by atoms with Crippen LogP contribution < -0.4 is 0 Å².